The summed E-state index contributed by atoms with van der Waals surface area (Å²) >= 11 is 0.379. The number of anilines is 1. The SMILES string of the molecule is Cc1cc(CO)c(-c2ccc(C3(C(=O)Nc4ncc(C(F)(F)F)s4)COC3)cc2)cn1. The molecule has 6 nitrogen and oxygen atoms in total. The molecule has 3 aromatic rings. The fourth-order valence-electron chi connectivity index (χ4n) is 3.39. The maximum absolute atomic E-state index is 12.9. The number of aryl methyl sites for hydroxylation is 1. The van der Waals surface area contributed by atoms with E-state index in [1.54, 1.807) is 24.4 Å². The number of ether oxygens (including phenoxy) is 1. The standard InChI is InChI=1S/C21H18F3N3O3S/c1-12-6-14(9-28)16(7-25-12)13-2-4-15(5-3-13)20(10-30-11-20)18(29)27-19-26-8-17(31-19)21(22,23)24/h2-8,28H,9-11H2,1H3,(H,26,27,29). The highest BCUT2D eigenvalue weighted by atomic mass is 32.1. The molecule has 4 rings (SSSR count). The molecule has 1 aliphatic rings. The quantitative estimate of drug-likeness (QED) is 0.617. The molecule has 0 aliphatic carbocycles. The minimum atomic E-state index is -4.51. The lowest BCUT2D eigenvalue weighted by Crippen LogP contribution is -2.55. The van der Waals surface area contributed by atoms with Gasteiger partial charge in [-0.2, -0.15) is 13.2 Å². The van der Waals surface area contributed by atoms with Crippen LogP contribution in [0.2, 0.25) is 0 Å². The number of aromatic nitrogens is 2. The smallest absolute Gasteiger partial charge is 0.392 e. The minimum Gasteiger partial charge on any atom is -0.392 e. The zero-order chi connectivity index (χ0) is 22.2. The van der Waals surface area contributed by atoms with Gasteiger partial charge in [-0.25, -0.2) is 4.98 Å². The number of halogens is 3. The maximum atomic E-state index is 12.9. The lowest BCUT2D eigenvalue weighted by Gasteiger charge is -2.40. The molecule has 31 heavy (non-hydrogen) atoms. The van der Waals surface area contributed by atoms with Crippen LogP contribution in [-0.4, -0.2) is 34.2 Å². The molecule has 10 heteroatoms. The van der Waals surface area contributed by atoms with E-state index in [1.807, 2.05) is 19.1 Å². The fourth-order valence-corrected chi connectivity index (χ4v) is 4.07. The lowest BCUT2D eigenvalue weighted by atomic mass is 9.77. The van der Waals surface area contributed by atoms with E-state index in [4.69, 9.17) is 4.74 Å². The lowest BCUT2D eigenvalue weighted by molar-refractivity contribution is -0.139. The number of aliphatic hydroxyl groups is 1. The molecule has 0 unspecified atom stereocenters. The van der Waals surface area contributed by atoms with Crippen LogP contribution in [0.25, 0.3) is 11.1 Å². The van der Waals surface area contributed by atoms with Crippen LogP contribution in [0.4, 0.5) is 18.3 Å². The van der Waals surface area contributed by atoms with Gasteiger partial charge < -0.3 is 15.2 Å². The first-order chi connectivity index (χ1) is 14.7. The average Bonchev–Trinajstić information content (AvgIpc) is 3.16. The number of hydrogen-bond acceptors (Lipinski definition) is 6. The molecular formula is C21H18F3N3O3S. The highest BCUT2D eigenvalue weighted by molar-refractivity contribution is 7.15. The number of aliphatic hydroxyl groups excluding tert-OH is 1. The number of amides is 1. The van der Waals surface area contributed by atoms with Crippen molar-refractivity contribution in [2.45, 2.75) is 25.1 Å². The van der Waals surface area contributed by atoms with Crippen LogP contribution < -0.4 is 5.32 Å². The van der Waals surface area contributed by atoms with E-state index in [0.29, 0.717) is 23.1 Å². The van der Waals surface area contributed by atoms with Gasteiger partial charge in [0, 0.05) is 17.5 Å². The number of thiazole rings is 1. The summed E-state index contributed by atoms with van der Waals surface area (Å²) in [7, 11) is 0. The molecule has 162 valence electrons. The van der Waals surface area contributed by atoms with Gasteiger partial charge in [-0.1, -0.05) is 35.6 Å². The Morgan fingerprint density at radius 2 is 1.94 bits per heavy atom. The molecule has 3 heterocycles. The summed E-state index contributed by atoms with van der Waals surface area (Å²) in [6.07, 6.45) is -2.12. The molecule has 1 amide bonds. The summed E-state index contributed by atoms with van der Waals surface area (Å²) in [6.45, 7) is 1.94. The number of carbonyl (C=O) groups excluding carboxylic acids is 1. The summed E-state index contributed by atoms with van der Waals surface area (Å²) < 4.78 is 43.6. The number of rotatable bonds is 5. The van der Waals surface area contributed by atoms with Crippen LogP contribution in [0, 0.1) is 6.92 Å². The number of benzene rings is 1. The highest BCUT2D eigenvalue weighted by Crippen LogP contribution is 2.38. The number of hydrogen-bond donors (Lipinski definition) is 2. The van der Waals surface area contributed by atoms with Gasteiger partial charge in [0.15, 0.2) is 5.13 Å². The molecule has 0 radical (unpaired) electrons. The van der Waals surface area contributed by atoms with Crippen molar-refractivity contribution in [3.63, 3.8) is 0 Å². The molecule has 2 aromatic heterocycles. The molecule has 1 aliphatic heterocycles. The Bertz CT molecular complexity index is 1110. The Balaban J connectivity index is 1.57. The van der Waals surface area contributed by atoms with Gasteiger partial charge in [-0.05, 0) is 29.7 Å². The Hall–Kier alpha value is -2.82. The molecule has 1 fully saturated rings. The zero-order valence-corrected chi connectivity index (χ0v) is 17.2. The Labute approximate surface area is 179 Å². The maximum Gasteiger partial charge on any atom is 0.427 e. The summed E-state index contributed by atoms with van der Waals surface area (Å²) in [4.78, 5) is 20.0. The molecule has 0 spiro atoms. The van der Waals surface area contributed by atoms with Crippen LogP contribution in [0.3, 0.4) is 0 Å². The van der Waals surface area contributed by atoms with Gasteiger partial charge in [0.1, 0.15) is 10.3 Å². The van der Waals surface area contributed by atoms with Crippen LogP contribution >= 0.6 is 11.3 Å². The number of carbonyl (C=O) groups is 1. The largest absolute Gasteiger partial charge is 0.427 e. The van der Waals surface area contributed by atoms with Crippen LogP contribution in [0.1, 0.15) is 21.7 Å². The van der Waals surface area contributed by atoms with Gasteiger partial charge in [0.25, 0.3) is 0 Å². The van der Waals surface area contributed by atoms with E-state index in [-0.39, 0.29) is 25.0 Å². The summed E-state index contributed by atoms with van der Waals surface area (Å²) in [5, 5.41) is 12.0. The molecule has 2 N–H and O–H groups in total. The second-order valence-corrected chi connectivity index (χ2v) is 8.31. The molecule has 0 atom stereocenters. The second-order valence-electron chi connectivity index (χ2n) is 7.27. The van der Waals surface area contributed by atoms with E-state index in [2.05, 4.69) is 15.3 Å². The van der Waals surface area contributed by atoms with Crippen molar-refractivity contribution in [3.05, 3.63) is 64.4 Å². The molecular weight excluding hydrogens is 431 g/mol. The van der Waals surface area contributed by atoms with Gasteiger partial charge >= 0.3 is 6.18 Å². The van der Waals surface area contributed by atoms with E-state index in [0.717, 1.165) is 22.4 Å². The molecule has 0 bridgehead atoms. The summed E-state index contributed by atoms with van der Waals surface area (Å²) in [5.74, 6) is -0.470. The number of pyridine rings is 1. The second kappa shape index (κ2) is 8.03. The van der Waals surface area contributed by atoms with E-state index < -0.39 is 22.4 Å². The third kappa shape index (κ3) is 4.06. The van der Waals surface area contributed by atoms with E-state index in [9.17, 15) is 23.1 Å². The molecule has 1 saturated heterocycles. The van der Waals surface area contributed by atoms with Crippen LogP contribution in [-0.2, 0) is 27.7 Å². The van der Waals surface area contributed by atoms with Gasteiger partial charge in [-0.15, -0.1) is 0 Å². The first-order valence-corrected chi connectivity index (χ1v) is 10.1. The van der Waals surface area contributed by atoms with Crippen molar-refractivity contribution in [1.29, 1.82) is 0 Å². The Kier molecular flexibility index (Phi) is 5.54. The third-order valence-corrected chi connectivity index (χ3v) is 6.14. The Morgan fingerprint density at radius 3 is 2.48 bits per heavy atom. The Morgan fingerprint density at radius 1 is 1.23 bits per heavy atom. The third-order valence-electron chi connectivity index (χ3n) is 5.18. The van der Waals surface area contributed by atoms with Crippen molar-refractivity contribution in [1.82, 2.24) is 9.97 Å². The average molecular weight is 449 g/mol. The van der Waals surface area contributed by atoms with Crippen LogP contribution in [0.5, 0.6) is 0 Å². The van der Waals surface area contributed by atoms with Crippen molar-refractivity contribution in [2.75, 3.05) is 18.5 Å². The molecule has 0 saturated carbocycles. The minimum absolute atomic E-state index is 0.112. The van der Waals surface area contributed by atoms with Crippen LogP contribution in [0.15, 0.2) is 42.7 Å². The van der Waals surface area contributed by atoms with Crippen molar-refractivity contribution in [2.24, 2.45) is 0 Å². The molecule has 1 aromatic carbocycles. The normalized spacial score (nSPS) is 15.4. The van der Waals surface area contributed by atoms with Crippen molar-refractivity contribution < 1.29 is 27.8 Å². The van der Waals surface area contributed by atoms with E-state index in [1.165, 1.54) is 0 Å². The van der Waals surface area contributed by atoms with Gasteiger partial charge in [0.05, 0.1) is 26.0 Å². The predicted octanol–water partition coefficient (Wildman–Crippen LogP) is 3.93. The highest BCUT2D eigenvalue weighted by Gasteiger charge is 2.48. The van der Waals surface area contributed by atoms with Crippen molar-refractivity contribution in [3.8, 4) is 11.1 Å². The zero-order valence-electron chi connectivity index (χ0n) is 16.4. The predicted molar refractivity (Wildman–Crippen MR) is 109 cm³/mol. The topological polar surface area (TPSA) is 84.3 Å². The van der Waals surface area contributed by atoms with Crippen molar-refractivity contribution >= 4 is 22.4 Å². The first kappa shape index (κ1) is 21.4. The fraction of sp³-hybridized carbons (Fsp3) is 0.286. The monoisotopic (exact) mass is 449 g/mol. The number of alkyl halides is 3. The van der Waals surface area contributed by atoms with E-state index >= 15 is 0 Å². The summed E-state index contributed by atoms with van der Waals surface area (Å²) in [6, 6.07) is 9.00. The first-order valence-electron chi connectivity index (χ1n) is 9.32. The van der Waals surface area contributed by atoms with Gasteiger partial charge in [0.2, 0.25) is 5.91 Å². The summed E-state index contributed by atoms with van der Waals surface area (Å²) in [5.41, 5.74) is 2.81. The van der Waals surface area contributed by atoms with Gasteiger partial charge in [-0.3, -0.25) is 9.78 Å². The number of nitrogens with one attached hydrogen (secondary N) is 1. The number of nitrogens with zero attached hydrogens (tertiary/aromatic N) is 2.